The summed E-state index contributed by atoms with van der Waals surface area (Å²) in [5, 5.41) is 3.05. The highest BCUT2D eigenvalue weighted by Gasteiger charge is 2.60. The predicted octanol–water partition coefficient (Wildman–Crippen LogP) is 3.63. The zero-order valence-electron chi connectivity index (χ0n) is 16.3. The maximum atomic E-state index is 13.7. The lowest BCUT2D eigenvalue weighted by atomic mass is 9.95. The van der Waals surface area contributed by atoms with E-state index in [4.69, 9.17) is 0 Å². The standard InChI is InChI=1S/C22H22BrN3O3/c1-3-25-20(28)16-9-5-7-11-18(16)26-19(27)12-13-22(25,26)21(29)24-14(2)15-8-4-6-10-17(15)23/h4-11,14H,3,12-13H2,1-2H3,(H,24,29)/t14-,22-/m0/s1. The molecule has 2 aromatic rings. The van der Waals surface area contributed by atoms with Crippen LogP contribution in [-0.2, 0) is 9.59 Å². The fourth-order valence-corrected chi connectivity index (χ4v) is 5.05. The van der Waals surface area contributed by atoms with Gasteiger partial charge in [0.2, 0.25) is 11.6 Å². The summed E-state index contributed by atoms with van der Waals surface area (Å²) in [6, 6.07) is 14.4. The van der Waals surface area contributed by atoms with Crippen LogP contribution in [0.5, 0.6) is 0 Å². The van der Waals surface area contributed by atoms with Gasteiger partial charge in [-0.2, -0.15) is 0 Å². The highest BCUT2D eigenvalue weighted by Crippen LogP contribution is 2.44. The van der Waals surface area contributed by atoms with E-state index >= 15 is 0 Å². The second-order valence-electron chi connectivity index (χ2n) is 7.33. The van der Waals surface area contributed by atoms with Gasteiger partial charge < -0.3 is 10.2 Å². The van der Waals surface area contributed by atoms with E-state index in [1.807, 2.05) is 38.1 Å². The number of hydrogen-bond donors (Lipinski definition) is 1. The minimum absolute atomic E-state index is 0.146. The molecule has 2 atom stereocenters. The Morgan fingerprint density at radius 2 is 1.86 bits per heavy atom. The van der Waals surface area contributed by atoms with Gasteiger partial charge in [-0.1, -0.05) is 46.3 Å². The average molecular weight is 456 g/mol. The van der Waals surface area contributed by atoms with Crippen molar-refractivity contribution in [3.05, 3.63) is 64.1 Å². The summed E-state index contributed by atoms with van der Waals surface area (Å²) in [5.74, 6) is -0.707. The lowest BCUT2D eigenvalue weighted by Crippen LogP contribution is -2.70. The quantitative estimate of drug-likeness (QED) is 0.764. The van der Waals surface area contributed by atoms with E-state index in [9.17, 15) is 14.4 Å². The van der Waals surface area contributed by atoms with Gasteiger partial charge in [-0.3, -0.25) is 19.3 Å². The number of halogens is 1. The number of carbonyl (C=O) groups is 3. The van der Waals surface area contributed by atoms with Gasteiger partial charge >= 0.3 is 0 Å². The van der Waals surface area contributed by atoms with E-state index < -0.39 is 5.66 Å². The Kier molecular flexibility index (Phi) is 4.94. The van der Waals surface area contributed by atoms with Crippen molar-refractivity contribution in [2.24, 2.45) is 0 Å². The zero-order valence-corrected chi connectivity index (χ0v) is 17.9. The van der Waals surface area contributed by atoms with E-state index in [1.165, 1.54) is 9.80 Å². The predicted molar refractivity (Wildman–Crippen MR) is 113 cm³/mol. The summed E-state index contributed by atoms with van der Waals surface area (Å²) >= 11 is 3.52. The molecule has 0 spiro atoms. The van der Waals surface area contributed by atoms with Crippen LogP contribution >= 0.6 is 15.9 Å². The van der Waals surface area contributed by atoms with E-state index in [0.717, 1.165) is 10.0 Å². The van der Waals surface area contributed by atoms with E-state index in [2.05, 4.69) is 21.2 Å². The van der Waals surface area contributed by atoms with E-state index in [-0.39, 0.29) is 36.6 Å². The van der Waals surface area contributed by atoms with Crippen molar-refractivity contribution in [3.8, 4) is 0 Å². The average Bonchev–Trinajstić information content (AvgIpc) is 3.07. The molecule has 0 bridgehead atoms. The Morgan fingerprint density at radius 3 is 2.59 bits per heavy atom. The molecule has 0 saturated carbocycles. The van der Waals surface area contributed by atoms with Crippen molar-refractivity contribution >= 4 is 39.3 Å². The van der Waals surface area contributed by atoms with Crippen molar-refractivity contribution < 1.29 is 14.4 Å². The first-order chi connectivity index (χ1) is 13.9. The number of para-hydroxylation sites is 1. The summed E-state index contributed by atoms with van der Waals surface area (Å²) in [6.45, 7) is 4.05. The molecule has 2 heterocycles. The topological polar surface area (TPSA) is 69.7 Å². The number of anilines is 1. The van der Waals surface area contributed by atoms with Gasteiger partial charge in [-0.05, 0) is 37.6 Å². The molecule has 2 aromatic carbocycles. The Bertz CT molecular complexity index is 1010. The second kappa shape index (κ2) is 7.30. The summed E-state index contributed by atoms with van der Waals surface area (Å²) in [5.41, 5.74) is 0.547. The number of hydrogen-bond acceptors (Lipinski definition) is 3. The second-order valence-corrected chi connectivity index (χ2v) is 8.18. The fraction of sp³-hybridized carbons (Fsp3) is 0.318. The van der Waals surface area contributed by atoms with Crippen LogP contribution in [0.2, 0.25) is 0 Å². The van der Waals surface area contributed by atoms with Crippen LogP contribution in [0.3, 0.4) is 0 Å². The summed E-state index contributed by atoms with van der Waals surface area (Å²) in [7, 11) is 0. The molecule has 1 fully saturated rings. The monoisotopic (exact) mass is 455 g/mol. The first-order valence-electron chi connectivity index (χ1n) is 9.71. The Hall–Kier alpha value is -2.67. The molecule has 29 heavy (non-hydrogen) atoms. The van der Waals surface area contributed by atoms with Crippen LogP contribution in [0.4, 0.5) is 5.69 Å². The molecule has 7 heteroatoms. The van der Waals surface area contributed by atoms with Crippen molar-refractivity contribution in [2.75, 3.05) is 11.4 Å². The SMILES string of the molecule is CCN1C(=O)c2ccccc2N2C(=O)CC[C@]12C(=O)N[C@@H](C)c1ccccc1Br. The normalized spacial score (nSPS) is 21.6. The number of rotatable bonds is 4. The molecular formula is C22H22BrN3O3. The van der Waals surface area contributed by atoms with Gasteiger partial charge in [-0.25, -0.2) is 0 Å². The Balaban J connectivity index is 1.77. The molecule has 0 radical (unpaired) electrons. The number of nitrogens with one attached hydrogen (secondary N) is 1. The van der Waals surface area contributed by atoms with Crippen LogP contribution in [0.1, 0.15) is 48.7 Å². The molecule has 6 nitrogen and oxygen atoms in total. The molecule has 2 aliphatic heterocycles. The molecule has 1 saturated heterocycles. The molecule has 150 valence electrons. The van der Waals surface area contributed by atoms with Crippen molar-refractivity contribution in [3.63, 3.8) is 0 Å². The molecular weight excluding hydrogens is 434 g/mol. The first-order valence-corrected chi connectivity index (χ1v) is 10.5. The maximum absolute atomic E-state index is 13.7. The molecule has 4 rings (SSSR count). The molecule has 0 unspecified atom stereocenters. The van der Waals surface area contributed by atoms with Gasteiger partial charge in [0.15, 0.2) is 0 Å². The lowest BCUT2D eigenvalue weighted by Gasteiger charge is -2.49. The number of fused-ring (bicyclic) bond motifs is 3. The van der Waals surface area contributed by atoms with Crippen LogP contribution in [0.25, 0.3) is 0 Å². The fourth-order valence-electron chi connectivity index (χ4n) is 4.42. The number of amides is 3. The van der Waals surface area contributed by atoms with Gasteiger partial charge in [-0.15, -0.1) is 0 Å². The van der Waals surface area contributed by atoms with E-state index in [0.29, 0.717) is 17.8 Å². The highest BCUT2D eigenvalue weighted by molar-refractivity contribution is 9.10. The van der Waals surface area contributed by atoms with Gasteiger partial charge in [0.25, 0.3) is 11.8 Å². The number of carbonyl (C=O) groups excluding carboxylic acids is 3. The third-order valence-electron chi connectivity index (χ3n) is 5.77. The molecule has 1 N–H and O–H groups in total. The maximum Gasteiger partial charge on any atom is 0.267 e. The number of likely N-dealkylation sites (N-methyl/N-ethyl adjacent to an activating group) is 1. The summed E-state index contributed by atoms with van der Waals surface area (Å²) < 4.78 is 0.891. The molecule has 3 amide bonds. The largest absolute Gasteiger partial charge is 0.346 e. The van der Waals surface area contributed by atoms with Crippen LogP contribution < -0.4 is 10.2 Å². The minimum atomic E-state index is -1.34. The molecule has 0 aromatic heterocycles. The van der Waals surface area contributed by atoms with Crippen molar-refractivity contribution in [2.45, 2.75) is 38.4 Å². The summed E-state index contributed by atoms with van der Waals surface area (Å²) in [4.78, 5) is 42.8. The smallest absolute Gasteiger partial charge is 0.267 e. The van der Waals surface area contributed by atoms with Gasteiger partial charge in [0.1, 0.15) is 0 Å². The molecule has 0 aliphatic carbocycles. The van der Waals surface area contributed by atoms with Gasteiger partial charge in [0, 0.05) is 23.9 Å². The van der Waals surface area contributed by atoms with Crippen LogP contribution in [0, 0.1) is 0 Å². The van der Waals surface area contributed by atoms with Gasteiger partial charge in [0.05, 0.1) is 17.3 Å². The number of benzene rings is 2. The lowest BCUT2D eigenvalue weighted by molar-refractivity contribution is -0.134. The highest BCUT2D eigenvalue weighted by atomic mass is 79.9. The first kappa shape index (κ1) is 19.6. The Morgan fingerprint density at radius 1 is 1.17 bits per heavy atom. The summed E-state index contributed by atoms with van der Waals surface area (Å²) in [6.07, 6.45) is 0.489. The van der Waals surface area contributed by atoms with E-state index in [1.54, 1.807) is 24.3 Å². The van der Waals surface area contributed by atoms with Crippen molar-refractivity contribution in [1.82, 2.24) is 10.2 Å². The zero-order chi connectivity index (χ0) is 20.8. The third kappa shape index (κ3) is 2.87. The minimum Gasteiger partial charge on any atom is -0.346 e. The van der Waals surface area contributed by atoms with Crippen LogP contribution in [-0.4, -0.2) is 34.8 Å². The number of nitrogens with zero attached hydrogens (tertiary/aromatic N) is 2. The van der Waals surface area contributed by atoms with Crippen molar-refractivity contribution in [1.29, 1.82) is 0 Å². The van der Waals surface area contributed by atoms with Crippen LogP contribution in [0.15, 0.2) is 53.0 Å². The Labute approximate surface area is 178 Å². The third-order valence-corrected chi connectivity index (χ3v) is 6.50. The molecule has 2 aliphatic rings.